The lowest BCUT2D eigenvalue weighted by molar-refractivity contribution is 0.0718. The molecular weight excluding hydrogens is 354 g/mol. The number of hydrogen-bond acceptors (Lipinski definition) is 6. The molecule has 3 aliphatic rings. The fourth-order valence-electron chi connectivity index (χ4n) is 4.79. The SMILES string of the molecule is C[C@@H]1CCc2onc(C(=O)N3CCC[C@H]3c3ncc4c(n3)CCN(C)C4)c2C1. The molecule has 0 unspecified atom stereocenters. The number of aromatic nitrogens is 3. The Bertz CT molecular complexity index is 908. The van der Waals surface area contributed by atoms with Crippen LogP contribution in [0.3, 0.4) is 0 Å². The second-order valence-electron chi connectivity index (χ2n) is 8.63. The van der Waals surface area contributed by atoms with Crippen molar-refractivity contribution in [2.24, 2.45) is 5.92 Å². The minimum Gasteiger partial charge on any atom is -0.360 e. The first-order chi connectivity index (χ1) is 13.6. The van der Waals surface area contributed by atoms with Crippen molar-refractivity contribution in [2.45, 2.75) is 58.0 Å². The lowest BCUT2D eigenvalue weighted by atomic mass is 9.88. The Morgan fingerprint density at radius 1 is 1.25 bits per heavy atom. The Morgan fingerprint density at radius 2 is 2.14 bits per heavy atom. The molecule has 0 aromatic carbocycles. The summed E-state index contributed by atoms with van der Waals surface area (Å²) >= 11 is 0. The standard InChI is InChI=1S/C21H27N5O2/c1-13-5-6-18-15(10-13)19(24-28-18)21(27)26-8-3-4-17(26)20-22-11-14-12-25(2)9-7-16(14)23-20/h11,13,17H,3-10,12H2,1-2H3/t13-,17+/m1/s1. The third-order valence-corrected chi connectivity index (χ3v) is 6.44. The minimum atomic E-state index is -0.0641. The molecule has 7 nitrogen and oxygen atoms in total. The van der Waals surface area contributed by atoms with Gasteiger partial charge in [0, 0.05) is 55.5 Å². The number of likely N-dealkylation sites (tertiary alicyclic amines) is 1. The van der Waals surface area contributed by atoms with Gasteiger partial charge in [-0.2, -0.15) is 0 Å². The molecule has 2 atom stereocenters. The molecule has 2 aromatic heterocycles. The number of carbonyl (C=O) groups excluding carboxylic acids is 1. The summed E-state index contributed by atoms with van der Waals surface area (Å²) in [6, 6.07) is -0.0641. The highest BCUT2D eigenvalue weighted by atomic mass is 16.5. The van der Waals surface area contributed by atoms with Crippen LogP contribution >= 0.6 is 0 Å². The second-order valence-corrected chi connectivity index (χ2v) is 8.63. The van der Waals surface area contributed by atoms with Crippen molar-refractivity contribution < 1.29 is 9.32 Å². The first-order valence-corrected chi connectivity index (χ1v) is 10.4. The fourth-order valence-corrected chi connectivity index (χ4v) is 4.79. The molecule has 28 heavy (non-hydrogen) atoms. The zero-order chi connectivity index (χ0) is 19.3. The molecule has 2 aromatic rings. The number of carbonyl (C=O) groups is 1. The maximum Gasteiger partial charge on any atom is 0.276 e. The van der Waals surface area contributed by atoms with Crippen LogP contribution in [-0.2, 0) is 25.8 Å². The third-order valence-electron chi connectivity index (χ3n) is 6.44. The van der Waals surface area contributed by atoms with Gasteiger partial charge in [0.2, 0.25) is 0 Å². The maximum atomic E-state index is 13.3. The fraction of sp³-hybridized carbons (Fsp3) is 0.619. The van der Waals surface area contributed by atoms with E-state index in [9.17, 15) is 4.79 Å². The van der Waals surface area contributed by atoms with E-state index in [1.165, 1.54) is 5.56 Å². The summed E-state index contributed by atoms with van der Waals surface area (Å²) in [6.07, 6.45) is 7.62. The second kappa shape index (κ2) is 6.95. The Morgan fingerprint density at radius 3 is 3.04 bits per heavy atom. The summed E-state index contributed by atoms with van der Waals surface area (Å²) < 4.78 is 5.51. The Labute approximate surface area is 165 Å². The van der Waals surface area contributed by atoms with Gasteiger partial charge in [-0.25, -0.2) is 9.97 Å². The molecule has 2 aliphatic heterocycles. The van der Waals surface area contributed by atoms with Crippen molar-refractivity contribution in [3.63, 3.8) is 0 Å². The summed E-state index contributed by atoms with van der Waals surface area (Å²) in [7, 11) is 2.12. The molecule has 0 N–H and O–H groups in total. The first kappa shape index (κ1) is 17.8. The highest BCUT2D eigenvalue weighted by molar-refractivity contribution is 5.94. The molecule has 0 spiro atoms. The monoisotopic (exact) mass is 381 g/mol. The van der Waals surface area contributed by atoms with Crippen molar-refractivity contribution in [1.82, 2.24) is 24.9 Å². The van der Waals surface area contributed by atoms with Gasteiger partial charge in [-0.1, -0.05) is 12.1 Å². The molecule has 1 aliphatic carbocycles. The van der Waals surface area contributed by atoms with E-state index in [0.29, 0.717) is 11.6 Å². The predicted molar refractivity (Wildman–Crippen MR) is 103 cm³/mol. The molecule has 0 bridgehead atoms. The number of fused-ring (bicyclic) bond motifs is 2. The van der Waals surface area contributed by atoms with Gasteiger partial charge in [-0.05, 0) is 38.6 Å². The van der Waals surface area contributed by atoms with Gasteiger partial charge in [0.1, 0.15) is 5.76 Å². The molecular formula is C21H27N5O2. The summed E-state index contributed by atoms with van der Waals surface area (Å²) in [6.45, 7) is 4.86. The first-order valence-electron chi connectivity index (χ1n) is 10.4. The average Bonchev–Trinajstić information content (AvgIpc) is 3.34. The molecule has 1 fully saturated rings. The summed E-state index contributed by atoms with van der Waals surface area (Å²) in [5.41, 5.74) is 3.86. The van der Waals surface area contributed by atoms with Gasteiger partial charge in [-0.15, -0.1) is 0 Å². The van der Waals surface area contributed by atoms with E-state index in [1.807, 2.05) is 11.1 Å². The number of likely N-dealkylation sites (N-methyl/N-ethyl adjacent to an activating group) is 1. The van der Waals surface area contributed by atoms with E-state index in [0.717, 1.165) is 81.0 Å². The summed E-state index contributed by atoms with van der Waals surface area (Å²) in [5.74, 6) is 2.21. The van der Waals surface area contributed by atoms with Gasteiger partial charge in [0.15, 0.2) is 11.5 Å². The van der Waals surface area contributed by atoms with Gasteiger partial charge >= 0.3 is 0 Å². The predicted octanol–water partition coefficient (Wildman–Crippen LogP) is 2.55. The molecule has 5 rings (SSSR count). The van der Waals surface area contributed by atoms with Crippen molar-refractivity contribution >= 4 is 5.91 Å². The van der Waals surface area contributed by atoms with E-state index in [-0.39, 0.29) is 11.9 Å². The molecule has 148 valence electrons. The minimum absolute atomic E-state index is 0.0253. The number of amides is 1. The quantitative estimate of drug-likeness (QED) is 0.796. The van der Waals surface area contributed by atoms with Crippen LogP contribution in [0.1, 0.15) is 71.1 Å². The third kappa shape index (κ3) is 3.02. The topological polar surface area (TPSA) is 75.4 Å². The van der Waals surface area contributed by atoms with Crippen molar-refractivity contribution in [1.29, 1.82) is 0 Å². The van der Waals surface area contributed by atoms with Gasteiger partial charge < -0.3 is 14.3 Å². The van der Waals surface area contributed by atoms with Crippen molar-refractivity contribution in [2.75, 3.05) is 20.1 Å². The van der Waals surface area contributed by atoms with E-state index < -0.39 is 0 Å². The molecule has 1 amide bonds. The maximum absolute atomic E-state index is 13.3. The highest BCUT2D eigenvalue weighted by Crippen LogP contribution is 2.34. The van der Waals surface area contributed by atoms with Gasteiger partial charge in [0.05, 0.1) is 6.04 Å². The molecule has 0 radical (unpaired) electrons. The smallest absolute Gasteiger partial charge is 0.276 e. The molecule has 0 saturated carbocycles. The van der Waals surface area contributed by atoms with Crippen molar-refractivity contribution in [3.8, 4) is 0 Å². The van der Waals surface area contributed by atoms with Crippen LogP contribution in [0.15, 0.2) is 10.7 Å². The molecule has 1 saturated heterocycles. The Balaban J connectivity index is 1.42. The zero-order valence-electron chi connectivity index (χ0n) is 16.6. The molecule has 7 heteroatoms. The van der Waals surface area contributed by atoms with E-state index in [2.05, 4.69) is 29.0 Å². The van der Waals surface area contributed by atoms with Crippen molar-refractivity contribution in [3.05, 3.63) is 40.3 Å². The largest absolute Gasteiger partial charge is 0.360 e. The van der Waals surface area contributed by atoms with Crippen LogP contribution in [-0.4, -0.2) is 51.0 Å². The van der Waals surface area contributed by atoms with Crippen LogP contribution in [0.4, 0.5) is 0 Å². The van der Waals surface area contributed by atoms with E-state index >= 15 is 0 Å². The van der Waals surface area contributed by atoms with Gasteiger partial charge in [-0.3, -0.25) is 4.79 Å². The number of rotatable bonds is 2. The average molecular weight is 381 g/mol. The van der Waals surface area contributed by atoms with E-state index in [4.69, 9.17) is 9.51 Å². The lowest BCUT2D eigenvalue weighted by Gasteiger charge is -2.27. The number of nitrogens with zero attached hydrogens (tertiary/aromatic N) is 5. The Kier molecular flexibility index (Phi) is 4.42. The highest BCUT2D eigenvalue weighted by Gasteiger charge is 2.37. The van der Waals surface area contributed by atoms with Crippen LogP contribution in [0.2, 0.25) is 0 Å². The number of aryl methyl sites for hydroxylation is 1. The number of hydrogen-bond donors (Lipinski definition) is 0. The zero-order valence-corrected chi connectivity index (χ0v) is 16.6. The van der Waals surface area contributed by atoms with Gasteiger partial charge in [0.25, 0.3) is 5.91 Å². The molecule has 4 heterocycles. The van der Waals surface area contributed by atoms with E-state index in [1.54, 1.807) is 0 Å². The van der Waals surface area contributed by atoms with Crippen LogP contribution in [0.25, 0.3) is 0 Å². The van der Waals surface area contributed by atoms with Crippen LogP contribution < -0.4 is 0 Å². The van der Waals surface area contributed by atoms with Crippen LogP contribution in [0.5, 0.6) is 0 Å². The Hall–Kier alpha value is -2.28. The lowest BCUT2D eigenvalue weighted by Crippen LogP contribution is -2.33. The summed E-state index contributed by atoms with van der Waals surface area (Å²) in [4.78, 5) is 27.1. The normalized spacial score (nSPS) is 24.9. The van der Waals surface area contributed by atoms with Crippen LogP contribution in [0, 0.1) is 5.92 Å². The summed E-state index contributed by atoms with van der Waals surface area (Å²) in [5, 5.41) is 4.17.